The van der Waals surface area contributed by atoms with E-state index in [1.807, 2.05) is 6.07 Å². The molecule has 0 unspecified atom stereocenters. The van der Waals surface area contributed by atoms with E-state index in [9.17, 15) is 5.11 Å². The van der Waals surface area contributed by atoms with Crippen molar-refractivity contribution >= 4 is 12.4 Å². The Morgan fingerprint density at radius 1 is 0.697 bits per heavy atom. The Labute approximate surface area is 209 Å². The summed E-state index contributed by atoms with van der Waals surface area (Å²) in [6.07, 6.45) is 1.98. The molecule has 1 N–H and O–H groups in total. The monoisotopic (exact) mass is 474 g/mol. The molecule has 0 aliphatic carbocycles. The Balaban J connectivity index is 0.00000544. The van der Waals surface area contributed by atoms with Crippen LogP contribution in [0.1, 0.15) is 84.4 Å². The van der Waals surface area contributed by atoms with Gasteiger partial charge in [-0.2, -0.15) is 0 Å². The number of phenolic OH excluding ortho intramolecular Hbond substituents is 1. The number of aromatic hydroxyl groups is 1. The van der Waals surface area contributed by atoms with E-state index in [4.69, 9.17) is 0 Å². The zero-order valence-electron chi connectivity index (χ0n) is 22.1. The van der Waals surface area contributed by atoms with Gasteiger partial charge in [-0.3, -0.25) is 9.80 Å². The highest BCUT2D eigenvalue weighted by molar-refractivity contribution is 5.85. The molecule has 0 fully saturated rings. The van der Waals surface area contributed by atoms with E-state index >= 15 is 0 Å². The highest BCUT2D eigenvalue weighted by Crippen LogP contribution is 2.35. The summed E-state index contributed by atoms with van der Waals surface area (Å²) >= 11 is 0. The van der Waals surface area contributed by atoms with Crippen LogP contribution in [0.4, 0.5) is 0 Å². The number of hydrogen-bond acceptors (Lipinski definition) is 3. The van der Waals surface area contributed by atoms with E-state index in [1.54, 1.807) is 0 Å². The average molecular weight is 475 g/mol. The zero-order valence-corrected chi connectivity index (χ0v) is 22.9. The van der Waals surface area contributed by atoms with Gasteiger partial charge in [-0.05, 0) is 92.0 Å². The fourth-order valence-electron chi connectivity index (χ4n) is 4.99. The normalized spacial score (nSPS) is 12.9. The smallest absolute Gasteiger partial charge is 0.119 e. The molecule has 0 radical (unpaired) electrons. The minimum atomic E-state index is 0. The van der Waals surface area contributed by atoms with E-state index in [-0.39, 0.29) is 18.3 Å². The van der Waals surface area contributed by atoms with Crippen molar-refractivity contribution in [2.75, 3.05) is 13.1 Å². The summed E-state index contributed by atoms with van der Waals surface area (Å²) in [4.78, 5) is 5.07. The van der Waals surface area contributed by atoms with Crippen LogP contribution in [-0.4, -0.2) is 52.2 Å². The van der Waals surface area contributed by atoms with E-state index in [2.05, 4.69) is 108 Å². The molecule has 0 bridgehead atoms. The minimum Gasteiger partial charge on any atom is -0.508 e. The summed E-state index contributed by atoms with van der Waals surface area (Å²) in [7, 11) is 0. The largest absolute Gasteiger partial charge is 0.508 e. The molecule has 0 spiro atoms. The number of halogens is 1. The second-order valence-corrected chi connectivity index (χ2v) is 10.2. The molecule has 0 saturated heterocycles. The molecule has 0 amide bonds. The maximum absolute atomic E-state index is 10.9. The molecule has 0 saturated carbocycles. The van der Waals surface area contributed by atoms with Crippen LogP contribution in [0.15, 0.2) is 48.5 Å². The lowest BCUT2D eigenvalue weighted by molar-refractivity contribution is 0.170. The van der Waals surface area contributed by atoms with E-state index < -0.39 is 0 Å². The van der Waals surface area contributed by atoms with Gasteiger partial charge in [0.25, 0.3) is 0 Å². The number of nitrogens with zero attached hydrogens (tertiary/aromatic N) is 2. The van der Waals surface area contributed by atoms with E-state index in [1.165, 1.54) is 11.1 Å². The maximum Gasteiger partial charge on any atom is 0.119 e. The summed E-state index contributed by atoms with van der Waals surface area (Å²) in [5.41, 5.74) is 3.63. The van der Waals surface area contributed by atoms with Crippen molar-refractivity contribution in [3.8, 4) is 5.75 Å². The number of hydrogen-bond donors (Lipinski definition) is 1. The van der Waals surface area contributed by atoms with Gasteiger partial charge >= 0.3 is 0 Å². The second-order valence-electron chi connectivity index (χ2n) is 10.2. The summed E-state index contributed by atoms with van der Waals surface area (Å²) in [5, 5.41) is 10.9. The van der Waals surface area contributed by atoms with Crippen LogP contribution in [0.5, 0.6) is 5.75 Å². The number of phenols is 1. The Morgan fingerprint density at radius 3 is 1.73 bits per heavy atom. The Morgan fingerprint density at radius 2 is 1.21 bits per heavy atom. The minimum absolute atomic E-state index is 0. The first-order valence-electron chi connectivity index (χ1n) is 12.5. The Kier molecular flexibility index (Phi) is 12.5. The van der Waals surface area contributed by atoms with Gasteiger partial charge in [-0.25, -0.2) is 0 Å². The first-order valence-corrected chi connectivity index (χ1v) is 12.5. The van der Waals surface area contributed by atoms with Crippen LogP contribution in [0.25, 0.3) is 0 Å². The van der Waals surface area contributed by atoms with Gasteiger partial charge in [0.05, 0.1) is 0 Å². The van der Waals surface area contributed by atoms with Crippen molar-refractivity contribution in [3.05, 3.63) is 65.2 Å². The van der Waals surface area contributed by atoms with Crippen molar-refractivity contribution in [3.63, 3.8) is 0 Å². The van der Waals surface area contributed by atoms with Crippen molar-refractivity contribution in [2.24, 2.45) is 0 Å². The Hall–Kier alpha value is -1.55. The SMILES string of the molecule is CC(C)N(CCc1ccc(O)c([C@H](CCN(C(C)C)C(C)C)c2ccccc2)c1)C(C)C.Cl. The molecule has 4 heteroatoms. The second kappa shape index (κ2) is 14.0. The predicted octanol–water partition coefficient (Wildman–Crippen LogP) is 7.12. The molecular weight excluding hydrogens is 428 g/mol. The van der Waals surface area contributed by atoms with Crippen LogP contribution in [-0.2, 0) is 6.42 Å². The molecule has 0 aliphatic heterocycles. The summed E-state index contributed by atoms with van der Waals surface area (Å²) in [6.45, 7) is 20.2. The van der Waals surface area contributed by atoms with E-state index in [0.717, 1.165) is 31.5 Å². The standard InChI is InChI=1S/C29H46N2O.ClH/c1-21(2)30(22(3)4)18-16-25-14-15-29(32)28(20-25)27(26-12-10-9-11-13-26)17-19-31(23(5)6)24(7)8;/h9-15,20-24,27,32H,16-19H2,1-8H3;1H/t27-;/m1./s1. The molecule has 3 nitrogen and oxygen atoms in total. The van der Waals surface area contributed by atoms with Crippen LogP contribution >= 0.6 is 12.4 Å². The van der Waals surface area contributed by atoms with Gasteiger partial charge in [-0.1, -0.05) is 42.5 Å². The van der Waals surface area contributed by atoms with Gasteiger partial charge in [0.15, 0.2) is 0 Å². The third-order valence-corrected chi connectivity index (χ3v) is 6.66. The van der Waals surface area contributed by atoms with Gasteiger partial charge in [0.1, 0.15) is 5.75 Å². The van der Waals surface area contributed by atoms with Crippen molar-refractivity contribution in [1.82, 2.24) is 9.80 Å². The zero-order chi connectivity index (χ0) is 23.8. The van der Waals surface area contributed by atoms with Crippen LogP contribution in [0.3, 0.4) is 0 Å². The Bertz CT molecular complexity index is 789. The lowest BCUT2D eigenvalue weighted by Gasteiger charge is -2.32. The number of rotatable bonds is 12. The van der Waals surface area contributed by atoms with Gasteiger partial charge in [0.2, 0.25) is 0 Å². The molecule has 1 atom stereocenters. The summed E-state index contributed by atoms with van der Waals surface area (Å²) < 4.78 is 0. The van der Waals surface area contributed by atoms with Gasteiger partial charge < -0.3 is 5.11 Å². The summed E-state index contributed by atoms with van der Waals surface area (Å²) in [5.74, 6) is 0.593. The molecular formula is C29H47ClN2O. The van der Waals surface area contributed by atoms with Crippen LogP contribution in [0.2, 0.25) is 0 Å². The molecule has 2 aromatic rings. The number of benzene rings is 2. The van der Waals surface area contributed by atoms with Crippen molar-refractivity contribution in [2.45, 2.75) is 98.3 Å². The molecule has 2 rings (SSSR count). The molecule has 2 aromatic carbocycles. The van der Waals surface area contributed by atoms with Crippen LogP contribution < -0.4 is 0 Å². The average Bonchev–Trinajstić information content (AvgIpc) is 2.72. The first-order chi connectivity index (χ1) is 15.1. The molecule has 186 valence electrons. The third-order valence-electron chi connectivity index (χ3n) is 6.66. The summed E-state index contributed by atoms with van der Waals surface area (Å²) in [6, 6.07) is 19.0. The fraction of sp³-hybridized carbons (Fsp3) is 0.586. The predicted molar refractivity (Wildman–Crippen MR) is 146 cm³/mol. The lowest BCUT2D eigenvalue weighted by atomic mass is 9.86. The van der Waals surface area contributed by atoms with Gasteiger partial charge in [0, 0.05) is 42.2 Å². The highest BCUT2D eigenvalue weighted by Gasteiger charge is 2.22. The van der Waals surface area contributed by atoms with E-state index in [0.29, 0.717) is 29.9 Å². The molecule has 0 heterocycles. The highest BCUT2D eigenvalue weighted by atomic mass is 35.5. The van der Waals surface area contributed by atoms with Crippen molar-refractivity contribution < 1.29 is 5.11 Å². The quantitative estimate of drug-likeness (QED) is 0.354. The topological polar surface area (TPSA) is 26.7 Å². The first kappa shape index (κ1) is 29.5. The third kappa shape index (κ3) is 8.63. The fourth-order valence-corrected chi connectivity index (χ4v) is 4.99. The molecule has 0 aromatic heterocycles. The van der Waals surface area contributed by atoms with Crippen molar-refractivity contribution in [1.29, 1.82) is 0 Å². The molecule has 0 aliphatic rings. The van der Waals surface area contributed by atoms with Crippen LogP contribution in [0, 0.1) is 0 Å². The molecule has 33 heavy (non-hydrogen) atoms. The lowest BCUT2D eigenvalue weighted by Crippen LogP contribution is -2.38. The maximum atomic E-state index is 10.9. The van der Waals surface area contributed by atoms with Gasteiger partial charge in [-0.15, -0.1) is 12.4 Å².